The first-order valence-corrected chi connectivity index (χ1v) is 7.59. The van der Waals surface area contributed by atoms with Crippen LogP contribution in [0.3, 0.4) is 0 Å². The monoisotopic (exact) mass is 318 g/mol. The number of hydrogen-bond acceptors (Lipinski definition) is 4. The topological polar surface area (TPSA) is 76.7 Å². The van der Waals surface area contributed by atoms with Crippen LogP contribution in [0.5, 0.6) is 11.5 Å². The van der Waals surface area contributed by atoms with Gasteiger partial charge < -0.3 is 20.1 Å². The highest BCUT2D eigenvalue weighted by Crippen LogP contribution is 2.28. The van der Waals surface area contributed by atoms with Crippen molar-refractivity contribution in [3.8, 4) is 11.5 Å². The maximum atomic E-state index is 11.8. The van der Waals surface area contributed by atoms with E-state index >= 15 is 0 Å². The molecule has 0 bridgehead atoms. The fraction of sp³-hybridized carbons (Fsp3) is 0.412. The lowest BCUT2D eigenvalue weighted by atomic mass is 10.1. The van der Waals surface area contributed by atoms with Crippen molar-refractivity contribution in [2.45, 2.75) is 12.8 Å². The summed E-state index contributed by atoms with van der Waals surface area (Å²) >= 11 is 0. The minimum absolute atomic E-state index is 0.0795. The van der Waals surface area contributed by atoms with Crippen molar-refractivity contribution >= 4 is 17.9 Å². The number of benzene rings is 1. The highest BCUT2D eigenvalue weighted by molar-refractivity contribution is 5.92. The summed E-state index contributed by atoms with van der Waals surface area (Å²) in [4.78, 5) is 23.2. The Morgan fingerprint density at radius 2 is 1.91 bits per heavy atom. The van der Waals surface area contributed by atoms with Crippen molar-refractivity contribution in [1.29, 1.82) is 0 Å². The third-order valence-corrected chi connectivity index (χ3v) is 3.52. The molecule has 0 atom stereocenters. The fourth-order valence-corrected chi connectivity index (χ4v) is 2.06. The van der Waals surface area contributed by atoms with Crippen molar-refractivity contribution in [3.63, 3.8) is 0 Å². The van der Waals surface area contributed by atoms with Gasteiger partial charge in [0.15, 0.2) is 0 Å². The molecule has 1 aromatic carbocycles. The number of amides is 2. The Morgan fingerprint density at radius 1 is 1.17 bits per heavy atom. The summed E-state index contributed by atoms with van der Waals surface area (Å²) < 4.78 is 10.4. The Morgan fingerprint density at radius 3 is 2.57 bits per heavy atom. The molecule has 124 valence electrons. The van der Waals surface area contributed by atoms with Crippen molar-refractivity contribution in [2.24, 2.45) is 5.92 Å². The van der Waals surface area contributed by atoms with Gasteiger partial charge in [-0.1, -0.05) is 0 Å². The van der Waals surface area contributed by atoms with Gasteiger partial charge in [0.25, 0.3) is 0 Å². The van der Waals surface area contributed by atoms with Crippen LogP contribution in [-0.4, -0.2) is 39.1 Å². The third-order valence-electron chi connectivity index (χ3n) is 3.52. The van der Waals surface area contributed by atoms with Crippen LogP contribution in [-0.2, 0) is 9.59 Å². The second-order valence-electron chi connectivity index (χ2n) is 5.30. The minimum Gasteiger partial charge on any atom is -0.497 e. The Kier molecular flexibility index (Phi) is 6.02. The predicted molar refractivity (Wildman–Crippen MR) is 87.3 cm³/mol. The maximum Gasteiger partial charge on any atom is 0.244 e. The lowest BCUT2D eigenvalue weighted by Crippen LogP contribution is -2.34. The number of ether oxygens (including phenoxy) is 2. The minimum atomic E-state index is -0.226. The number of carbonyl (C=O) groups excluding carboxylic acids is 2. The van der Waals surface area contributed by atoms with Crippen LogP contribution in [0.15, 0.2) is 24.3 Å². The zero-order valence-electron chi connectivity index (χ0n) is 13.4. The highest BCUT2D eigenvalue weighted by Gasteiger charge is 2.28. The van der Waals surface area contributed by atoms with E-state index in [-0.39, 0.29) is 17.7 Å². The van der Waals surface area contributed by atoms with Crippen LogP contribution < -0.4 is 20.1 Å². The molecule has 6 heteroatoms. The Labute approximate surface area is 135 Å². The number of nitrogens with one attached hydrogen (secondary N) is 2. The van der Waals surface area contributed by atoms with E-state index in [4.69, 9.17) is 9.47 Å². The van der Waals surface area contributed by atoms with Crippen LogP contribution in [0.1, 0.15) is 18.4 Å². The summed E-state index contributed by atoms with van der Waals surface area (Å²) in [7, 11) is 3.15. The summed E-state index contributed by atoms with van der Waals surface area (Å²) in [5, 5.41) is 5.51. The molecular weight excluding hydrogens is 296 g/mol. The SMILES string of the molecule is COc1ccc(OC)c(/C=C/C(=O)NCCNC(=O)C2CC2)c1. The van der Waals surface area contributed by atoms with Gasteiger partial charge in [-0.2, -0.15) is 0 Å². The molecule has 1 fully saturated rings. The molecule has 23 heavy (non-hydrogen) atoms. The van der Waals surface area contributed by atoms with Gasteiger partial charge >= 0.3 is 0 Å². The van der Waals surface area contributed by atoms with Crippen LogP contribution in [0.25, 0.3) is 6.08 Å². The first kappa shape index (κ1) is 16.9. The normalized spacial score (nSPS) is 13.7. The van der Waals surface area contributed by atoms with Gasteiger partial charge in [0, 0.05) is 30.6 Å². The molecule has 0 spiro atoms. The molecule has 1 aliphatic rings. The van der Waals surface area contributed by atoms with Gasteiger partial charge in [-0.05, 0) is 37.1 Å². The molecule has 0 aliphatic heterocycles. The van der Waals surface area contributed by atoms with Crippen molar-refractivity contribution in [2.75, 3.05) is 27.3 Å². The lowest BCUT2D eigenvalue weighted by molar-refractivity contribution is -0.122. The van der Waals surface area contributed by atoms with Crippen molar-refractivity contribution < 1.29 is 19.1 Å². The average Bonchev–Trinajstić information content (AvgIpc) is 3.41. The van der Waals surface area contributed by atoms with E-state index in [1.165, 1.54) is 6.08 Å². The van der Waals surface area contributed by atoms with Crippen LogP contribution in [0, 0.1) is 5.92 Å². The first-order valence-electron chi connectivity index (χ1n) is 7.59. The molecule has 0 saturated heterocycles. The lowest BCUT2D eigenvalue weighted by Gasteiger charge is -2.07. The third kappa shape index (κ3) is 5.32. The summed E-state index contributed by atoms with van der Waals surface area (Å²) in [6.07, 6.45) is 5.05. The zero-order valence-corrected chi connectivity index (χ0v) is 13.4. The molecule has 1 saturated carbocycles. The van der Waals surface area contributed by atoms with Gasteiger partial charge in [0.1, 0.15) is 11.5 Å². The number of methoxy groups -OCH3 is 2. The number of carbonyl (C=O) groups is 2. The van der Waals surface area contributed by atoms with Gasteiger partial charge in [-0.25, -0.2) is 0 Å². The van der Waals surface area contributed by atoms with E-state index in [1.54, 1.807) is 38.5 Å². The van der Waals surface area contributed by atoms with E-state index in [0.29, 0.717) is 24.6 Å². The van der Waals surface area contributed by atoms with E-state index in [9.17, 15) is 9.59 Å². The smallest absolute Gasteiger partial charge is 0.244 e. The molecule has 0 heterocycles. The number of rotatable bonds is 8. The molecule has 0 unspecified atom stereocenters. The summed E-state index contributed by atoms with van der Waals surface area (Å²) in [5.74, 6) is 1.39. The average molecular weight is 318 g/mol. The Balaban J connectivity index is 1.79. The molecule has 0 radical (unpaired) electrons. The van der Waals surface area contributed by atoms with Gasteiger partial charge in [0.05, 0.1) is 14.2 Å². The van der Waals surface area contributed by atoms with Crippen molar-refractivity contribution in [1.82, 2.24) is 10.6 Å². The fourth-order valence-electron chi connectivity index (χ4n) is 2.06. The highest BCUT2D eigenvalue weighted by atomic mass is 16.5. The summed E-state index contributed by atoms with van der Waals surface area (Å²) in [6.45, 7) is 0.842. The Hall–Kier alpha value is -2.50. The molecule has 1 aliphatic carbocycles. The second-order valence-corrected chi connectivity index (χ2v) is 5.30. The van der Waals surface area contributed by atoms with Crippen LogP contribution in [0.4, 0.5) is 0 Å². The molecule has 1 aromatic rings. The molecule has 2 N–H and O–H groups in total. The molecule has 2 rings (SSSR count). The molecule has 0 aromatic heterocycles. The van der Waals surface area contributed by atoms with Crippen LogP contribution in [0.2, 0.25) is 0 Å². The quantitative estimate of drug-likeness (QED) is 0.560. The molecule has 6 nitrogen and oxygen atoms in total. The standard InChI is InChI=1S/C17H22N2O4/c1-22-14-6-7-15(23-2)13(11-14)5-8-16(20)18-9-10-19-17(21)12-3-4-12/h5-8,11-12H,3-4,9-10H2,1-2H3,(H,18,20)(H,19,21)/b8-5+. The van der Waals surface area contributed by atoms with Crippen molar-refractivity contribution in [3.05, 3.63) is 29.8 Å². The molecule has 2 amide bonds. The largest absolute Gasteiger partial charge is 0.497 e. The van der Waals surface area contributed by atoms with E-state index in [2.05, 4.69) is 10.6 Å². The zero-order chi connectivity index (χ0) is 16.7. The summed E-state index contributed by atoms with van der Waals surface area (Å²) in [5.41, 5.74) is 0.754. The van der Waals surface area contributed by atoms with Gasteiger partial charge in [-0.3, -0.25) is 9.59 Å². The first-order chi connectivity index (χ1) is 11.1. The van der Waals surface area contributed by atoms with E-state index in [0.717, 1.165) is 18.4 Å². The molecular formula is C17H22N2O4. The maximum absolute atomic E-state index is 11.8. The van der Waals surface area contributed by atoms with E-state index < -0.39 is 0 Å². The Bertz CT molecular complexity index is 594. The second kappa shape index (κ2) is 8.22. The summed E-state index contributed by atoms with van der Waals surface area (Å²) in [6, 6.07) is 5.36. The van der Waals surface area contributed by atoms with Gasteiger partial charge in [0.2, 0.25) is 11.8 Å². The number of hydrogen-bond donors (Lipinski definition) is 2. The predicted octanol–water partition coefficient (Wildman–Crippen LogP) is 1.36. The van der Waals surface area contributed by atoms with Crippen LogP contribution >= 0.6 is 0 Å². The van der Waals surface area contributed by atoms with E-state index in [1.807, 2.05) is 0 Å². The van der Waals surface area contributed by atoms with Gasteiger partial charge in [-0.15, -0.1) is 0 Å².